The Bertz CT molecular complexity index is 737. The lowest BCUT2D eigenvalue weighted by molar-refractivity contribution is 0.100. The Labute approximate surface area is 132 Å². The summed E-state index contributed by atoms with van der Waals surface area (Å²) < 4.78 is 1.55. The molecule has 6 heteroatoms. The van der Waals surface area contributed by atoms with Crippen molar-refractivity contribution >= 4 is 29.1 Å². The van der Waals surface area contributed by atoms with E-state index in [4.69, 9.17) is 28.9 Å². The molecule has 1 aromatic carbocycles. The van der Waals surface area contributed by atoms with E-state index in [0.717, 1.165) is 5.56 Å². The lowest BCUT2D eigenvalue weighted by Crippen LogP contribution is -2.24. The van der Waals surface area contributed by atoms with Crippen LogP contribution in [0.1, 0.15) is 21.6 Å². The maximum Gasteiger partial charge on any atom is 0.269 e. The molecule has 2 rings (SSSR count). The summed E-state index contributed by atoms with van der Waals surface area (Å²) in [6.07, 6.45) is 0.621. The molecule has 0 radical (unpaired) electrons. The van der Waals surface area contributed by atoms with E-state index in [0.29, 0.717) is 29.2 Å². The van der Waals surface area contributed by atoms with Crippen LogP contribution >= 0.6 is 23.2 Å². The topological polar surface area (TPSA) is 65.1 Å². The van der Waals surface area contributed by atoms with E-state index in [1.807, 2.05) is 12.1 Å². The van der Waals surface area contributed by atoms with Gasteiger partial charge in [0.15, 0.2) is 0 Å². The van der Waals surface area contributed by atoms with E-state index in [1.165, 1.54) is 6.07 Å². The van der Waals surface area contributed by atoms with Gasteiger partial charge >= 0.3 is 0 Å². The average Bonchev–Trinajstić information content (AvgIpc) is 2.45. The smallest absolute Gasteiger partial charge is 0.269 e. The Morgan fingerprint density at radius 3 is 2.38 bits per heavy atom. The molecular formula is C15H14Cl2N2O2. The highest BCUT2D eigenvalue weighted by Crippen LogP contribution is 2.17. The van der Waals surface area contributed by atoms with Crippen LogP contribution in [-0.2, 0) is 13.0 Å². The van der Waals surface area contributed by atoms with Crippen LogP contribution in [0.15, 0.2) is 35.1 Å². The van der Waals surface area contributed by atoms with E-state index in [9.17, 15) is 9.59 Å². The molecule has 0 unspecified atom stereocenters. The van der Waals surface area contributed by atoms with Gasteiger partial charge in [0, 0.05) is 17.8 Å². The molecule has 2 N–H and O–H groups in total. The molecule has 0 saturated carbocycles. The molecule has 0 fully saturated rings. The minimum atomic E-state index is -0.463. The van der Waals surface area contributed by atoms with Gasteiger partial charge in [-0.2, -0.15) is 0 Å². The van der Waals surface area contributed by atoms with E-state index in [1.54, 1.807) is 23.6 Å². The predicted molar refractivity (Wildman–Crippen MR) is 84.1 cm³/mol. The Balaban J connectivity index is 2.20. The molecule has 1 amide bonds. The number of halogens is 2. The van der Waals surface area contributed by atoms with Crippen LogP contribution < -0.4 is 11.3 Å². The summed E-state index contributed by atoms with van der Waals surface area (Å²) in [6, 6.07) is 8.41. The molecule has 0 bridgehead atoms. The van der Waals surface area contributed by atoms with Gasteiger partial charge in [0.25, 0.3) is 5.56 Å². The minimum absolute atomic E-state index is 0.106. The fourth-order valence-corrected chi connectivity index (χ4v) is 2.51. The summed E-state index contributed by atoms with van der Waals surface area (Å²) in [7, 11) is 0. The van der Waals surface area contributed by atoms with Crippen molar-refractivity contribution in [2.45, 2.75) is 19.9 Å². The molecule has 1 aromatic heterocycles. The molecule has 0 aliphatic carbocycles. The molecule has 4 nitrogen and oxygen atoms in total. The SMILES string of the molecule is Cc1c(Cl)cc(Cl)c(=O)n1CCc1ccc(C(N)=O)cc1. The molecule has 1 heterocycles. The molecule has 0 aliphatic heterocycles. The van der Waals surface area contributed by atoms with Crippen molar-refractivity contribution in [3.05, 3.63) is 67.6 Å². The van der Waals surface area contributed by atoms with Gasteiger partial charge in [-0.25, -0.2) is 0 Å². The van der Waals surface area contributed by atoms with E-state index >= 15 is 0 Å². The van der Waals surface area contributed by atoms with Gasteiger partial charge in [-0.3, -0.25) is 9.59 Å². The fraction of sp³-hybridized carbons (Fsp3) is 0.200. The maximum atomic E-state index is 12.0. The van der Waals surface area contributed by atoms with Crippen molar-refractivity contribution in [3.63, 3.8) is 0 Å². The zero-order chi connectivity index (χ0) is 15.6. The summed E-state index contributed by atoms with van der Waals surface area (Å²) in [5.74, 6) is -0.463. The second-order valence-electron chi connectivity index (χ2n) is 4.69. The fourth-order valence-electron chi connectivity index (χ4n) is 2.03. The maximum absolute atomic E-state index is 12.0. The monoisotopic (exact) mass is 324 g/mol. The number of rotatable bonds is 4. The molecule has 0 spiro atoms. The third-order valence-electron chi connectivity index (χ3n) is 3.32. The number of nitrogens with two attached hydrogens (primary N) is 1. The zero-order valence-electron chi connectivity index (χ0n) is 11.4. The summed E-state index contributed by atoms with van der Waals surface area (Å²) in [6.45, 7) is 2.23. The number of primary amides is 1. The van der Waals surface area contributed by atoms with Gasteiger partial charge in [-0.05, 0) is 37.1 Å². The highest BCUT2D eigenvalue weighted by Gasteiger charge is 2.09. The molecular weight excluding hydrogens is 311 g/mol. The van der Waals surface area contributed by atoms with E-state index < -0.39 is 5.91 Å². The Hall–Kier alpha value is -1.78. The lowest BCUT2D eigenvalue weighted by Gasteiger charge is -2.12. The van der Waals surface area contributed by atoms with Crippen molar-refractivity contribution in [1.82, 2.24) is 4.57 Å². The van der Waals surface area contributed by atoms with Crippen molar-refractivity contribution < 1.29 is 4.79 Å². The second kappa shape index (κ2) is 6.33. The van der Waals surface area contributed by atoms with Crippen molar-refractivity contribution in [3.8, 4) is 0 Å². The number of hydrogen-bond acceptors (Lipinski definition) is 2. The first kappa shape index (κ1) is 15.6. The van der Waals surface area contributed by atoms with Crippen molar-refractivity contribution in [1.29, 1.82) is 0 Å². The minimum Gasteiger partial charge on any atom is -0.366 e. The number of amides is 1. The van der Waals surface area contributed by atoms with Crippen molar-refractivity contribution in [2.75, 3.05) is 0 Å². The lowest BCUT2D eigenvalue weighted by atomic mass is 10.1. The number of hydrogen-bond donors (Lipinski definition) is 1. The normalized spacial score (nSPS) is 10.6. The van der Waals surface area contributed by atoms with Gasteiger partial charge in [0.05, 0.1) is 5.02 Å². The highest BCUT2D eigenvalue weighted by atomic mass is 35.5. The Morgan fingerprint density at radius 1 is 1.19 bits per heavy atom. The number of pyridine rings is 1. The van der Waals surface area contributed by atoms with Gasteiger partial charge in [0.1, 0.15) is 5.02 Å². The summed E-state index contributed by atoms with van der Waals surface area (Å²) >= 11 is 11.9. The van der Waals surface area contributed by atoms with Crippen LogP contribution in [-0.4, -0.2) is 10.5 Å². The van der Waals surface area contributed by atoms with Gasteiger partial charge in [-0.15, -0.1) is 0 Å². The number of benzene rings is 1. The van der Waals surface area contributed by atoms with Gasteiger partial charge in [-0.1, -0.05) is 35.3 Å². The second-order valence-corrected chi connectivity index (χ2v) is 5.51. The number of aryl methyl sites for hydroxylation is 1. The number of carbonyl (C=O) groups excluding carboxylic acids is 1. The first-order valence-corrected chi connectivity index (χ1v) is 7.10. The first-order valence-electron chi connectivity index (χ1n) is 6.34. The average molecular weight is 325 g/mol. The molecule has 0 atom stereocenters. The standard InChI is InChI=1S/C15H14Cl2N2O2/c1-9-12(16)8-13(17)15(21)19(9)7-6-10-2-4-11(5-3-10)14(18)20/h2-5,8H,6-7H2,1H3,(H2,18,20). The third-order valence-corrected chi connectivity index (χ3v) is 3.97. The van der Waals surface area contributed by atoms with Crippen LogP contribution in [0.3, 0.4) is 0 Å². The molecule has 0 aliphatic rings. The Morgan fingerprint density at radius 2 is 1.81 bits per heavy atom. The molecule has 110 valence electrons. The largest absolute Gasteiger partial charge is 0.366 e. The van der Waals surface area contributed by atoms with Crippen LogP contribution in [0.2, 0.25) is 10.0 Å². The summed E-state index contributed by atoms with van der Waals surface area (Å²) in [5.41, 5.74) is 7.06. The third kappa shape index (κ3) is 3.46. The molecule has 2 aromatic rings. The molecule has 0 saturated heterocycles. The Kier molecular flexibility index (Phi) is 4.70. The predicted octanol–water partition coefficient (Wildman–Crippen LogP) is 2.81. The quantitative estimate of drug-likeness (QED) is 0.939. The van der Waals surface area contributed by atoms with Crippen LogP contribution in [0.5, 0.6) is 0 Å². The van der Waals surface area contributed by atoms with Gasteiger partial charge in [0.2, 0.25) is 5.91 Å². The molecule has 21 heavy (non-hydrogen) atoms. The summed E-state index contributed by atoms with van der Waals surface area (Å²) in [4.78, 5) is 23.0. The van der Waals surface area contributed by atoms with Gasteiger partial charge < -0.3 is 10.3 Å². The first-order chi connectivity index (χ1) is 9.90. The van der Waals surface area contributed by atoms with Crippen molar-refractivity contribution in [2.24, 2.45) is 5.73 Å². The summed E-state index contributed by atoms with van der Waals surface area (Å²) in [5, 5.41) is 0.568. The van der Waals surface area contributed by atoms with Crippen LogP contribution in [0.4, 0.5) is 0 Å². The van der Waals surface area contributed by atoms with E-state index in [-0.39, 0.29) is 10.6 Å². The number of carbonyl (C=O) groups is 1. The highest BCUT2D eigenvalue weighted by molar-refractivity contribution is 6.34. The zero-order valence-corrected chi connectivity index (χ0v) is 12.9. The van der Waals surface area contributed by atoms with Crippen LogP contribution in [0.25, 0.3) is 0 Å². The number of nitrogens with zero attached hydrogens (tertiary/aromatic N) is 1. The van der Waals surface area contributed by atoms with E-state index in [2.05, 4.69) is 0 Å². The number of aromatic nitrogens is 1. The van der Waals surface area contributed by atoms with Crippen LogP contribution in [0, 0.1) is 6.92 Å².